The fraction of sp³-hybridized carbons (Fsp3) is 0.111. The first kappa shape index (κ1) is 16.4. The Morgan fingerprint density at radius 2 is 1.73 bits per heavy atom. The molecule has 130 valence electrons. The van der Waals surface area contributed by atoms with E-state index in [0.717, 1.165) is 11.3 Å². The molecule has 2 heterocycles. The lowest BCUT2D eigenvalue weighted by Crippen LogP contribution is -1.99. The van der Waals surface area contributed by atoms with Gasteiger partial charge in [-0.15, -0.1) is 15.3 Å². The molecular formula is C18H13ClFN5O. The van der Waals surface area contributed by atoms with Crippen molar-refractivity contribution in [2.45, 2.75) is 13.3 Å². The summed E-state index contributed by atoms with van der Waals surface area (Å²) in [4.78, 5) is 0. The predicted octanol–water partition coefficient (Wildman–Crippen LogP) is 4.01. The van der Waals surface area contributed by atoms with Gasteiger partial charge in [-0.1, -0.05) is 28.9 Å². The molecule has 0 aliphatic rings. The molecule has 4 aromatic rings. The summed E-state index contributed by atoms with van der Waals surface area (Å²) in [6.07, 6.45) is 0.495. The van der Waals surface area contributed by atoms with Crippen LogP contribution < -0.4 is 0 Å². The summed E-state index contributed by atoms with van der Waals surface area (Å²) in [6.45, 7) is 1.84. The maximum absolute atomic E-state index is 13.1. The van der Waals surface area contributed by atoms with Gasteiger partial charge < -0.3 is 4.42 Å². The number of rotatable bonds is 4. The Labute approximate surface area is 153 Å². The van der Waals surface area contributed by atoms with Crippen LogP contribution in [-0.2, 0) is 6.42 Å². The monoisotopic (exact) mass is 369 g/mol. The van der Waals surface area contributed by atoms with Crippen LogP contribution in [0, 0.1) is 12.7 Å². The van der Waals surface area contributed by atoms with E-state index >= 15 is 0 Å². The Morgan fingerprint density at radius 3 is 2.46 bits per heavy atom. The first-order valence-electron chi connectivity index (χ1n) is 7.85. The second kappa shape index (κ2) is 6.68. The van der Waals surface area contributed by atoms with Crippen LogP contribution in [0.25, 0.3) is 17.3 Å². The smallest absolute Gasteiger partial charge is 0.270 e. The minimum absolute atomic E-state index is 0.292. The van der Waals surface area contributed by atoms with E-state index in [1.165, 1.54) is 12.1 Å². The average molecular weight is 370 g/mol. The molecule has 0 N–H and O–H groups in total. The van der Waals surface area contributed by atoms with Gasteiger partial charge in [-0.25, -0.2) is 9.07 Å². The average Bonchev–Trinajstić information content (AvgIpc) is 3.24. The third-order valence-corrected chi connectivity index (χ3v) is 4.16. The van der Waals surface area contributed by atoms with E-state index in [4.69, 9.17) is 16.0 Å². The van der Waals surface area contributed by atoms with Gasteiger partial charge in [0.05, 0.1) is 17.8 Å². The van der Waals surface area contributed by atoms with Crippen LogP contribution in [0.4, 0.5) is 4.39 Å². The summed E-state index contributed by atoms with van der Waals surface area (Å²) in [5.74, 6) is 0.452. The van der Waals surface area contributed by atoms with Crippen molar-refractivity contribution in [2.24, 2.45) is 0 Å². The van der Waals surface area contributed by atoms with Crippen molar-refractivity contribution in [1.82, 2.24) is 25.2 Å². The standard InChI is InChI=1S/C18H13ClFN5O/c1-11-17(22-24-25(11)15-8-6-14(20)7-9-15)18-23-21-16(26-18)10-12-2-4-13(19)5-3-12/h2-9H,10H2,1H3. The van der Waals surface area contributed by atoms with Crippen molar-refractivity contribution in [3.05, 3.63) is 76.5 Å². The third kappa shape index (κ3) is 3.21. The lowest BCUT2D eigenvalue weighted by atomic mass is 10.1. The van der Waals surface area contributed by atoms with Crippen molar-refractivity contribution < 1.29 is 8.81 Å². The number of hydrogen-bond acceptors (Lipinski definition) is 5. The number of benzene rings is 2. The van der Waals surface area contributed by atoms with Gasteiger partial charge in [0.2, 0.25) is 5.89 Å². The third-order valence-electron chi connectivity index (χ3n) is 3.90. The molecule has 0 amide bonds. The summed E-state index contributed by atoms with van der Waals surface area (Å²) >= 11 is 5.89. The minimum Gasteiger partial charge on any atom is -0.419 e. The highest BCUT2D eigenvalue weighted by Crippen LogP contribution is 2.22. The maximum atomic E-state index is 13.1. The van der Waals surface area contributed by atoms with Gasteiger partial charge in [-0.3, -0.25) is 0 Å². The molecule has 0 atom stereocenters. The van der Waals surface area contributed by atoms with Gasteiger partial charge in [0.15, 0.2) is 5.69 Å². The summed E-state index contributed by atoms with van der Waals surface area (Å²) in [7, 11) is 0. The Hall–Kier alpha value is -3.06. The van der Waals surface area contributed by atoms with Crippen LogP contribution in [0.1, 0.15) is 17.1 Å². The van der Waals surface area contributed by atoms with Gasteiger partial charge in [-0.2, -0.15) is 0 Å². The fourth-order valence-electron chi connectivity index (χ4n) is 2.55. The van der Waals surface area contributed by atoms with Crippen molar-refractivity contribution in [3.63, 3.8) is 0 Å². The summed E-state index contributed by atoms with van der Waals surface area (Å²) in [6, 6.07) is 13.4. The molecule has 2 aromatic carbocycles. The molecule has 8 heteroatoms. The van der Waals surface area contributed by atoms with Crippen LogP contribution in [0.5, 0.6) is 0 Å². The van der Waals surface area contributed by atoms with Crippen molar-refractivity contribution in [1.29, 1.82) is 0 Å². The molecule has 0 bridgehead atoms. The number of aromatic nitrogens is 5. The molecule has 0 spiro atoms. The first-order valence-corrected chi connectivity index (χ1v) is 8.23. The molecular weight excluding hydrogens is 357 g/mol. The van der Waals surface area contributed by atoms with E-state index in [1.807, 2.05) is 31.2 Å². The molecule has 0 saturated carbocycles. The molecule has 26 heavy (non-hydrogen) atoms. The van der Waals surface area contributed by atoms with Crippen LogP contribution in [-0.4, -0.2) is 25.2 Å². The largest absolute Gasteiger partial charge is 0.419 e. The molecule has 0 unspecified atom stereocenters. The van der Waals surface area contributed by atoms with E-state index in [1.54, 1.807) is 16.8 Å². The summed E-state index contributed by atoms with van der Waals surface area (Å²) in [5, 5.41) is 17.0. The zero-order valence-electron chi connectivity index (χ0n) is 13.7. The topological polar surface area (TPSA) is 69.6 Å². The Bertz CT molecular complexity index is 1040. The minimum atomic E-state index is -0.310. The summed E-state index contributed by atoms with van der Waals surface area (Å²) < 4.78 is 20.4. The van der Waals surface area contributed by atoms with Gasteiger partial charge in [0.25, 0.3) is 5.89 Å². The predicted molar refractivity (Wildman–Crippen MR) is 93.6 cm³/mol. The molecule has 0 aliphatic heterocycles. The molecule has 0 radical (unpaired) electrons. The Morgan fingerprint density at radius 1 is 1.00 bits per heavy atom. The molecule has 0 saturated heterocycles. The highest BCUT2D eigenvalue weighted by molar-refractivity contribution is 6.30. The van der Waals surface area contributed by atoms with Crippen LogP contribution in [0.2, 0.25) is 5.02 Å². The van der Waals surface area contributed by atoms with Crippen LogP contribution >= 0.6 is 11.6 Å². The van der Waals surface area contributed by atoms with Crippen LogP contribution in [0.15, 0.2) is 52.9 Å². The Balaban J connectivity index is 1.60. The zero-order valence-corrected chi connectivity index (χ0v) is 14.5. The number of hydrogen-bond donors (Lipinski definition) is 0. The molecule has 6 nitrogen and oxygen atoms in total. The lowest BCUT2D eigenvalue weighted by Gasteiger charge is -2.02. The molecule has 0 fully saturated rings. The molecule has 4 rings (SSSR count). The van der Waals surface area contributed by atoms with E-state index in [2.05, 4.69) is 20.5 Å². The van der Waals surface area contributed by atoms with Crippen molar-refractivity contribution in [2.75, 3.05) is 0 Å². The van der Waals surface area contributed by atoms with Crippen molar-refractivity contribution >= 4 is 11.6 Å². The van der Waals surface area contributed by atoms with Gasteiger partial charge in [0, 0.05) is 5.02 Å². The van der Waals surface area contributed by atoms with Gasteiger partial charge in [0.1, 0.15) is 5.82 Å². The second-order valence-corrected chi connectivity index (χ2v) is 6.15. The van der Waals surface area contributed by atoms with E-state index in [9.17, 15) is 4.39 Å². The highest BCUT2D eigenvalue weighted by atomic mass is 35.5. The summed E-state index contributed by atoms with van der Waals surface area (Å²) in [5.41, 5.74) is 2.92. The SMILES string of the molecule is Cc1c(-c2nnc(Cc3ccc(Cl)cc3)o2)nnn1-c1ccc(F)cc1. The fourth-order valence-corrected chi connectivity index (χ4v) is 2.68. The van der Waals surface area contributed by atoms with Crippen molar-refractivity contribution in [3.8, 4) is 17.3 Å². The Kier molecular flexibility index (Phi) is 4.22. The normalized spacial score (nSPS) is 11.0. The zero-order chi connectivity index (χ0) is 18.1. The number of halogens is 2. The number of nitrogens with zero attached hydrogens (tertiary/aromatic N) is 5. The van der Waals surface area contributed by atoms with E-state index in [0.29, 0.717) is 34.6 Å². The molecule has 2 aromatic heterocycles. The van der Waals surface area contributed by atoms with Gasteiger partial charge in [-0.05, 0) is 48.9 Å². The first-order chi connectivity index (χ1) is 12.6. The maximum Gasteiger partial charge on any atom is 0.270 e. The lowest BCUT2D eigenvalue weighted by molar-refractivity contribution is 0.516. The van der Waals surface area contributed by atoms with E-state index < -0.39 is 0 Å². The second-order valence-electron chi connectivity index (χ2n) is 5.72. The quantitative estimate of drug-likeness (QED) is 0.543. The van der Waals surface area contributed by atoms with E-state index in [-0.39, 0.29) is 5.82 Å². The highest BCUT2D eigenvalue weighted by Gasteiger charge is 2.18. The molecule has 0 aliphatic carbocycles. The van der Waals surface area contributed by atoms with Gasteiger partial charge >= 0.3 is 0 Å². The van der Waals surface area contributed by atoms with Crippen LogP contribution in [0.3, 0.4) is 0 Å².